The minimum Gasteiger partial charge on any atom is -0.505 e. The molecule has 2 heterocycles. The third-order valence-electron chi connectivity index (χ3n) is 5.50. The highest BCUT2D eigenvalue weighted by atomic mass is 32.2. The maximum Gasteiger partial charge on any atom is 0.349 e. The van der Waals surface area contributed by atoms with Crippen LogP contribution in [-0.4, -0.2) is 50.5 Å². The molecule has 1 fully saturated rings. The molecule has 1 aliphatic rings. The molecule has 12 nitrogen and oxygen atoms in total. The SMILES string of the molecule is Cc1cc(-n2nc(C(F)F)c(=O)[nH]c2=O)cc(C)c1Oc1cc(S(=O)(=O)NC2CC(O)C2)c(O)cn1. The van der Waals surface area contributed by atoms with Crippen LogP contribution in [0, 0.1) is 13.8 Å². The molecule has 0 atom stereocenters. The van der Waals surface area contributed by atoms with Crippen LogP contribution in [0.25, 0.3) is 5.69 Å². The van der Waals surface area contributed by atoms with Crippen molar-refractivity contribution in [2.75, 3.05) is 0 Å². The van der Waals surface area contributed by atoms with Crippen molar-refractivity contribution in [3.8, 4) is 23.1 Å². The Bertz CT molecular complexity index is 1530. The number of aryl methyl sites for hydroxylation is 2. The van der Waals surface area contributed by atoms with Gasteiger partial charge in [0.2, 0.25) is 15.9 Å². The van der Waals surface area contributed by atoms with Gasteiger partial charge in [-0.1, -0.05) is 0 Å². The monoisotopic (exact) mass is 525 g/mol. The number of halogens is 2. The van der Waals surface area contributed by atoms with Gasteiger partial charge >= 0.3 is 5.69 Å². The lowest BCUT2D eigenvalue weighted by molar-refractivity contribution is 0.0712. The number of aliphatic hydroxyl groups is 1. The summed E-state index contributed by atoms with van der Waals surface area (Å²) in [6.07, 6.45) is -2.36. The lowest BCUT2D eigenvalue weighted by Crippen LogP contribution is -2.46. The molecule has 15 heteroatoms. The molecule has 1 aromatic carbocycles. The molecule has 36 heavy (non-hydrogen) atoms. The molecule has 2 aromatic heterocycles. The van der Waals surface area contributed by atoms with Crippen LogP contribution >= 0.6 is 0 Å². The van der Waals surface area contributed by atoms with Gasteiger partial charge in [-0.05, 0) is 49.9 Å². The Labute approximate surface area is 202 Å². The first-order chi connectivity index (χ1) is 16.9. The summed E-state index contributed by atoms with van der Waals surface area (Å²) in [5.74, 6) is -0.543. The third-order valence-corrected chi connectivity index (χ3v) is 7.05. The van der Waals surface area contributed by atoms with Crippen LogP contribution in [0.15, 0.2) is 38.9 Å². The van der Waals surface area contributed by atoms with Crippen molar-refractivity contribution >= 4 is 10.0 Å². The number of benzene rings is 1. The van der Waals surface area contributed by atoms with Crippen LogP contribution in [0.3, 0.4) is 0 Å². The molecule has 0 aliphatic heterocycles. The predicted molar refractivity (Wildman–Crippen MR) is 120 cm³/mol. The zero-order valence-corrected chi connectivity index (χ0v) is 19.7. The van der Waals surface area contributed by atoms with Crippen molar-refractivity contribution < 1.29 is 32.1 Å². The average Bonchev–Trinajstić information content (AvgIpc) is 2.75. The van der Waals surface area contributed by atoms with E-state index in [1.54, 1.807) is 18.8 Å². The maximum atomic E-state index is 13.1. The molecular formula is C21H21F2N5O7S. The van der Waals surface area contributed by atoms with Gasteiger partial charge in [-0.3, -0.25) is 9.78 Å². The van der Waals surface area contributed by atoms with Crippen molar-refractivity contribution in [1.82, 2.24) is 24.5 Å². The molecule has 0 unspecified atom stereocenters. The average molecular weight is 525 g/mol. The van der Waals surface area contributed by atoms with Crippen molar-refractivity contribution in [3.05, 3.63) is 62.1 Å². The molecule has 1 aliphatic carbocycles. The van der Waals surface area contributed by atoms with Gasteiger partial charge in [-0.2, -0.15) is 9.78 Å². The topological polar surface area (TPSA) is 176 Å². The van der Waals surface area contributed by atoms with Gasteiger partial charge in [0.1, 0.15) is 10.6 Å². The van der Waals surface area contributed by atoms with E-state index in [1.165, 1.54) is 12.1 Å². The van der Waals surface area contributed by atoms with Gasteiger partial charge in [-0.25, -0.2) is 31.7 Å². The number of aliphatic hydroxyl groups excluding tert-OH is 1. The van der Waals surface area contributed by atoms with Crippen LogP contribution in [0.4, 0.5) is 8.78 Å². The Balaban J connectivity index is 1.66. The van der Waals surface area contributed by atoms with Crippen LogP contribution in [0.2, 0.25) is 0 Å². The first-order valence-electron chi connectivity index (χ1n) is 10.6. The zero-order chi connectivity index (χ0) is 26.4. The van der Waals surface area contributed by atoms with Crippen LogP contribution in [0.5, 0.6) is 17.4 Å². The van der Waals surface area contributed by atoms with Crippen LogP contribution in [0.1, 0.15) is 36.1 Å². The standard InChI is InChI=1S/C21H21F2N5O7S/c1-9-3-12(28-21(32)25-20(31)17(26-28)19(22)23)4-10(2)18(9)35-16-7-15(14(30)8-24-16)36(33,34)27-11-5-13(29)6-11/h3-4,7-8,11,13,19,27,29-30H,5-6H2,1-2H3,(H,25,31,32). The number of nitrogens with zero attached hydrogens (tertiary/aromatic N) is 3. The molecule has 4 N–H and O–H groups in total. The van der Waals surface area contributed by atoms with E-state index in [1.807, 2.05) is 0 Å². The van der Waals surface area contributed by atoms with Gasteiger partial charge in [0, 0.05) is 12.1 Å². The summed E-state index contributed by atoms with van der Waals surface area (Å²) in [5, 5.41) is 22.9. The Morgan fingerprint density at radius 2 is 1.83 bits per heavy atom. The summed E-state index contributed by atoms with van der Waals surface area (Å²) in [6, 6.07) is 3.36. The van der Waals surface area contributed by atoms with E-state index in [-0.39, 0.29) is 30.2 Å². The number of nitrogens with one attached hydrogen (secondary N) is 2. The third kappa shape index (κ3) is 4.98. The molecule has 1 saturated carbocycles. The van der Waals surface area contributed by atoms with Crippen molar-refractivity contribution in [2.24, 2.45) is 0 Å². The maximum absolute atomic E-state index is 13.1. The van der Waals surface area contributed by atoms with Crippen molar-refractivity contribution in [1.29, 1.82) is 0 Å². The summed E-state index contributed by atoms with van der Waals surface area (Å²) < 4.78 is 60.3. The highest BCUT2D eigenvalue weighted by Crippen LogP contribution is 2.33. The number of alkyl halides is 2. The molecule has 0 bridgehead atoms. The van der Waals surface area contributed by atoms with E-state index in [0.717, 1.165) is 12.3 Å². The molecule has 0 saturated heterocycles. The van der Waals surface area contributed by atoms with Crippen molar-refractivity contribution in [2.45, 2.75) is 50.2 Å². The van der Waals surface area contributed by atoms with E-state index in [0.29, 0.717) is 15.8 Å². The highest BCUT2D eigenvalue weighted by molar-refractivity contribution is 7.89. The van der Waals surface area contributed by atoms with E-state index in [4.69, 9.17) is 4.74 Å². The van der Waals surface area contributed by atoms with Gasteiger partial charge in [-0.15, -0.1) is 0 Å². The number of aromatic amines is 1. The summed E-state index contributed by atoms with van der Waals surface area (Å²) in [5.41, 5.74) is -2.52. The number of H-pyrrole nitrogens is 1. The normalized spacial score (nSPS) is 17.7. The Hall–Kier alpha value is -3.69. The highest BCUT2D eigenvalue weighted by Gasteiger charge is 2.32. The Morgan fingerprint density at radius 1 is 1.19 bits per heavy atom. The fourth-order valence-electron chi connectivity index (χ4n) is 3.70. The molecule has 4 rings (SSSR count). The number of aromatic nitrogens is 4. The fourth-order valence-corrected chi connectivity index (χ4v) is 5.04. The molecule has 0 radical (unpaired) electrons. The molecule has 0 spiro atoms. The smallest absolute Gasteiger partial charge is 0.349 e. The van der Waals surface area contributed by atoms with Crippen LogP contribution in [-0.2, 0) is 10.0 Å². The largest absolute Gasteiger partial charge is 0.505 e. The number of ether oxygens (including phenoxy) is 1. The van der Waals surface area contributed by atoms with Crippen LogP contribution < -0.4 is 20.7 Å². The number of hydrogen-bond donors (Lipinski definition) is 4. The predicted octanol–water partition coefficient (Wildman–Crippen LogP) is 1.17. The van der Waals surface area contributed by atoms with E-state index in [9.17, 15) is 37.0 Å². The summed E-state index contributed by atoms with van der Waals surface area (Å²) in [7, 11) is -4.14. The summed E-state index contributed by atoms with van der Waals surface area (Å²) in [6.45, 7) is 3.16. The van der Waals surface area contributed by atoms with Crippen molar-refractivity contribution in [3.63, 3.8) is 0 Å². The molecule has 0 amide bonds. The van der Waals surface area contributed by atoms with Gasteiger partial charge < -0.3 is 14.9 Å². The van der Waals surface area contributed by atoms with E-state index >= 15 is 0 Å². The number of sulfonamides is 1. The number of pyridine rings is 1. The van der Waals surface area contributed by atoms with E-state index < -0.39 is 56.2 Å². The van der Waals surface area contributed by atoms with E-state index in [2.05, 4.69) is 14.8 Å². The minimum atomic E-state index is -4.14. The summed E-state index contributed by atoms with van der Waals surface area (Å²) >= 11 is 0. The number of rotatable bonds is 7. The molecule has 3 aromatic rings. The number of aromatic hydroxyl groups is 1. The first-order valence-corrected chi connectivity index (χ1v) is 12.0. The van der Waals surface area contributed by atoms with Gasteiger partial charge in [0.25, 0.3) is 12.0 Å². The molecular weight excluding hydrogens is 504 g/mol. The molecule has 192 valence electrons. The zero-order valence-electron chi connectivity index (χ0n) is 18.9. The number of hydrogen-bond acceptors (Lipinski definition) is 9. The quantitative estimate of drug-likeness (QED) is 0.353. The second-order valence-electron chi connectivity index (χ2n) is 8.30. The fraction of sp³-hybridized carbons (Fsp3) is 0.333. The van der Waals surface area contributed by atoms with Gasteiger partial charge in [0.05, 0.1) is 18.0 Å². The lowest BCUT2D eigenvalue weighted by atomic mass is 9.91. The second-order valence-corrected chi connectivity index (χ2v) is 9.98. The first kappa shape index (κ1) is 25.4. The Morgan fingerprint density at radius 3 is 2.42 bits per heavy atom. The Kier molecular flexibility index (Phi) is 6.64. The second kappa shape index (κ2) is 9.40. The lowest BCUT2D eigenvalue weighted by Gasteiger charge is -2.31. The summed E-state index contributed by atoms with van der Waals surface area (Å²) in [4.78, 5) is 28.9. The minimum absolute atomic E-state index is 0.0781. The van der Waals surface area contributed by atoms with Gasteiger partial charge in [0.15, 0.2) is 11.4 Å².